The molecule has 4 nitrogen and oxygen atoms in total. The minimum absolute atomic E-state index is 0.297. The topological polar surface area (TPSA) is 44.8 Å². The van der Waals surface area contributed by atoms with Crippen molar-refractivity contribution in [1.29, 1.82) is 0 Å². The van der Waals surface area contributed by atoms with Crippen LogP contribution in [0, 0.1) is 0 Å². The van der Waals surface area contributed by atoms with E-state index in [4.69, 9.17) is 14.2 Å². The fourth-order valence-electron chi connectivity index (χ4n) is 1.62. The van der Waals surface area contributed by atoms with Crippen LogP contribution in [0.15, 0.2) is 30.3 Å². The fraction of sp³-hybridized carbons (Fsp3) is 0.533. The standard InChI is InChI=1S/C15H22O4/c1-13(16)19-15(2,3)12-18-10-9-17-11-14-7-5-4-6-8-14/h4-8H,9-12H2,1-3H3. The van der Waals surface area contributed by atoms with E-state index in [0.717, 1.165) is 5.56 Å². The molecule has 0 bridgehead atoms. The molecule has 1 rings (SSSR count). The Morgan fingerprint density at radius 1 is 1.11 bits per heavy atom. The molecule has 0 radical (unpaired) electrons. The summed E-state index contributed by atoms with van der Waals surface area (Å²) in [6, 6.07) is 9.98. The van der Waals surface area contributed by atoms with Crippen LogP contribution in [0.2, 0.25) is 0 Å². The zero-order valence-electron chi connectivity index (χ0n) is 11.8. The zero-order chi connectivity index (χ0) is 14.1. The summed E-state index contributed by atoms with van der Waals surface area (Å²) in [5, 5.41) is 0. The van der Waals surface area contributed by atoms with Crippen LogP contribution in [0.25, 0.3) is 0 Å². The number of carbonyl (C=O) groups excluding carboxylic acids is 1. The lowest BCUT2D eigenvalue weighted by Gasteiger charge is -2.24. The highest BCUT2D eigenvalue weighted by Crippen LogP contribution is 2.09. The molecule has 0 aliphatic heterocycles. The predicted octanol–water partition coefficient (Wildman–Crippen LogP) is 2.56. The van der Waals surface area contributed by atoms with E-state index in [1.807, 2.05) is 44.2 Å². The molecule has 0 unspecified atom stereocenters. The molecule has 106 valence electrons. The van der Waals surface area contributed by atoms with Crippen molar-refractivity contribution in [3.8, 4) is 0 Å². The summed E-state index contributed by atoms with van der Waals surface area (Å²) in [6.45, 7) is 6.98. The molecular formula is C15H22O4. The van der Waals surface area contributed by atoms with E-state index in [1.54, 1.807) is 0 Å². The molecule has 0 saturated heterocycles. The minimum atomic E-state index is -0.592. The Labute approximate surface area is 114 Å². The Morgan fingerprint density at radius 2 is 1.74 bits per heavy atom. The van der Waals surface area contributed by atoms with Crippen LogP contribution >= 0.6 is 0 Å². The summed E-state index contributed by atoms with van der Waals surface area (Å²) in [6.07, 6.45) is 0. The zero-order valence-corrected chi connectivity index (χ0v) is 11.8. The van der Waals surface area contributed by atoms with Gasteiger partial charge in [0.2, 0.25) is 0 Å². The highest BCUT2D eigenvalue weighted by Gasteiger charge is 2.21. The third-order valence-corrected chi connectivity index (χ3v) is 2.35. The Morgan fingerprint density at radius 3 is 2.37 bits per heavy atom. The lowest BCUT2D eigenvalue weighted by Crippen LogP contribution is -2.33. The van der Waals surface area contributed by atoms with Gasteiger partial charge in [-0.15, -0.1) is 0 Å². The molecule has 4 heteroatoms. The van der Waals surface area contributed by atoms with E-state index in [9.17, 15) is 4.79 Å². The lowest BCUT2D eigenvalue weighted by atomic mass is 10.1. The van der Waals surface area contributed by atoms with Crippen molar-refractivity contribution in [1.82, 2.24) is 0 Å². The molecule has 0 spiro atoms. The summed E-state index contributed by atoms with van der Waals surface area (Å²) in [5.74, 6) is -0.297. The number of benzene rings is 1. The van der Waals surface area contributed by atoms with Crippen LogP contribution < -0.4 is 0 Å². The second-order valence-corrected chi connectivity index (χ2v) is 4.94. The first-order chi connectivity index (χ1) is 8.99. The molecule has 0 aliphatic carbocycles. The quantitative estimate of drug-likeness (QED) is 0.536. The molecule has 0 aromatic heterocycles. The van der Waals surface area contributed by atoms with Crippen LogP contribution in [-0.2, 0) is 25.6 Å². The van der Waals surface area contributed by atoms with Crippen LogP contribution in [-0.4, -0.2) is 31.4 Å². The monoisotopic (exact) mass is 266 g/mol. The number of rotatable bonds is 8. The number of hydrogen-bond donors (Lipinski definition) is 0. The van der Waals surface area contributed by atoms with E-state index in [-0.39, 0.29) is 5.97 Å². The first-order valence-corrected chi connectivity index (χ1v) is 6.38. The first-order valence-electron chi connectivity index (χ1n) is 6.38. The van der Waals surface area contributed by atoms with Crippen molar-refractivity contribution in [3.63, 3.8) is 0 Å². The van der Waals surface area contributed by atoms with Gasteiger partial charge in [0.25, 0.3) is 0 Å². The average Bonchev–Trinajstić information content (AvgIpc) is 2.33. The summed E-state index contributed by atoms with van der Waals surface area (Å²) in [4.78, 5) is 10.8. The number of ether oxygens (including phenoxy) is 3. The van der Waals surface area contributed by atoms with Gasteiger partial charge >= 0.3 is 5.97 Å². The lowest BCUT2D eigenvalue weighted by molar-refractivity contribution is -0.159. The molecule has 0 saturated carbocycles. The highest BCUT2D eigenvalue weighted by atomic mass is 16.6. The van der Waals surface area contributed by atoms with Gasteiger partial charge in [0.15, 0.2) is 0 Å². The second kappa shape index (κ2) is 7.92. The molecule has 19 heavy (non-hydrogen) atoms. The third-order valence-electron chi connectivity index (χ3n) is 2.35. The van der Waals surface area contributed by atoms with Crippen LogP contribution in [0.1, 0.15) is 26.3 Å². The Hall–Kier alpha value is -1.39. The van der Waals surface area contributed by atoms with Gasteiger partial charge in [0.05, 0.1) is 26.4 Å². The van der Waals surface area contributed by atoms with Gasteiger partial charge in [-0.1, -0.05) is 30.3 Å². The summed E-state index contributed by atoms with van der Waals surface area (Å²) in [5.41, 5.74) is 0.549. The van der Waals surface area contributed by atoms with Crippen molar-refractivity contribution in [2.24, 2.45) is 0 Å². The minimum Gasteiger partial charge on any atom is -0.457 e. The molecule has 1 aromatic rings. The smallest absolute Gasteiger partial charge is 0.303 e. The van der Waals surface area contributed by atoms with Gasteiger partial charge in [0, 0.05) is 6.92 Å². The molecule has 1 aromatic carbocycles. The molecule has 0 atom stereocenters. The first kappa shape index (κ1) is 15.7. The Kier molecular flexibility index (Phi) is 6.53. The van der Waals surface area contributed by atoms with Gasteiger partial charge in [0.1, 0.15) is 5.60 Å². The number of esters is 1. The maximum atomic E-state index is 10.8. The molecule has 0 aliphatic rings. The summed E-state index contributed by atoms with van der Waals surface area (Å²) in [7, 11) is 0. The van der Waals surface area contributed by atoms with Crippen LogP contribution in [0.3, 0.4) is 0 Å². The van der Waals surface area contributed by atoms with Gasteiger partial charge in [-0.2, -0.15) is 0 Å². The number of carbonyl (C=O) groups is 1. The van der Waals surface area contributed by atoms with Crippen molar-refractivity contribution in [2.75, 3.05) is 19.8 Å². The maximum absolute atomic E-state index is 10.8. The normalized spacial score (nSPS) is 11.3. The van der Waals surface area contributed by atoms with Crippen molar-refractivity contribution in [2.45, 2.75) is 33.0 Å². The Bertz CT molecular complexity index is 373. The third kappa shape index (κ3) is 7.59. The Balaban J connectivity index is 2.07. The molecule has 0 heterocycles. The predicted molar refractivity (Wildman–Crippen MR) is 72.8 cm³/mol. The molecule has 0 N–H and O–H groups in total. The molecular weight excluding hydrogens is 244 g/mol. The largest absolute Gasteiger partial charge is 0.457 e. The van der Waals surface area contributed by atoms with Crippen molar-refractivity contribution in [3.05, 3.63) is 35.9 Å². The van der Waals surface area contributed by atoms with E-state index < -0.39 is 5.60 Å². The molecule has 0 fully saturated rings. The van der Waals surface area contributed by atoms with Crippen LogP contribution in [0.5, 0.6) is 0 Å². The van der Waals surface area contributed by atoms with Crippen molar-refractivity contribution < 1.29 is 19.0 Å². The van der Waals surface area contributed by atoms with Crippen molar-refractivity contribution >= 4 is 5.97 Å². The second-order valence-electron chi connectivity index (χ2n) is 4.94. The SMILES string of the molecule is CC(=O)OC(C)(C)COCCOCc1ccccc1. The van der Waals surface area contributed by atoms with Gasteiger partial charge in [-0.3, -0.25) is 4.79 Å². The maximum Gasteiger partial charge on any atom is 0.303 e. The van der Waals surface area contributed by atoms with E-state index in [0.29, 0.717) is 26.4 Å². The van der Waals surface area contributed by atoms with Gasteiger partial charge in [-0.05, 0) is 19.4 Å². The van der Waals surface area contributed by atoms with Crippen LogP contribution in [0.4, 0.5) is 0 Å². The van der Waals surface area contributed by atoms with E-state index >= 15 is 0 Å². The highest BCUT2D eigenvalue weighted by molar-refractivity contribution is 5.66. The van der Waals surface area contributed by atoms with Gasteiger partial charge in [-0.25, -0.2) is 0 Å². The summed E-state index contributed by atoms with van der Waals surface area (Å²) < 4.78 is 16.0. The van der Waals surface area contributed by atoms with Gasteiger partial charge < -0.3 is 14.2 Å². The van der Waals surface area contributed by atoms with E-state index in [2.05, 4.69) is 0 Å². The summed E-state index contributed by atoms with van der Waals surface area (Å²) >= 11 is 0. The fourth-order valence-corrected chi connectivity index (χ4v) is 1.62. The number of hydrogen-bond acceptors (Lipinski definition) is 4. The average molecular weight is 266 g/mol. The van der Waals surface area contributed by atoms with E-state index in [1.165, 1.54) is 6.92 Å². The molecule has 0 amide bonds.